The first kappa shape index (κ1) is 23.5. The number of anilines is 2. The van der Waals surface area contributed by atoms with Gasteiger partial charge in [0.2, 0.25) is 0 Å². The molecule has 1 aromatic carbocycles. The number of esters is 1. The maximum Gasteiger partial charge on any atom is 0.414 e. The minimum Gasteiger partial charge on any atom is -0.462 e. The van der Waals surface area contributed by atoms with Gasteiger partial charge in [-0.25, -0.2) is 14.0 Å². The first-order valence-corrected chi connectivity index (χ1v) is 10.8. The summed E-state index contributed by atoms with van der Waals surface area (Å²) in [6.07, 6.45) is 0.0378. The van der Waals surface area contributed by atoms with Gasteiger partial charge in [-0.2, -0.15) is 5.26 Å². The number of cyclic esters (lactones) is 1. The molecule has 1 aromatic rings. The van der Waals surface area contributed by atoms with Crippen LogP contribution < -0.4 is 15.1 Å². The zero-order valence-electron chi connectivity index (χ0n) is 18.0. The van der Waals surface area contributed by atoms with Crippen molar-refractivity contribution in [3.63, 3.8) is 0 Å². The van der Waals surface area contributed by atoms with E-state index in [9.17, 15) is 19.2 Å². The van der Waals surface area contributed by atoms with Crippen LogP contribution in [0.5, 0.6) is 0 Å². The molecule has 2 heterocycles. The average molecular weight is 461 g/mol. The van der Waals surface area contributed by atoms with Crippen molar-refractivity contribution in [2.75, 3.05) is 42.6 Å². The Morgan fingerprint density at radius 2 is 2.12 bits per heavy atom. The monoisotopic (exact) mass is 460 g/mol. The van der Waals surface area contributed by atoms with Gasteiger partial charge in [0.15, 0.2) is 0 Å². The molecule has 0 saturated carbocycles. The van der Waals surface area contributed by atoms with Crippen molar-refractivity contribution < 1.29 is 23.5 Å². The highest BCUT2D eigenvalue weighted by Crippen LogP contribution is 2.31. The number of rotatable bonds is 6. The SMILES string of the molecule is CCOC(=O)C(C#N)=C1CCN(c2ccc(N3C[C@H](CNC(C)=S)OC3=O)cc2F)CC1. The van der Waals surface area contributed by atoms with Crippen LogP contribution in [0.15, 0.2) is 29.3 Å². The molecule has 1 amide bonds. The highest BCUT2D eigenvalue weighted by atomic mass is 32.1. The zero-order valence-corrected chi connectivity index (χ0v) is 18.8. The fourth-order valence-corrected chi connectivity index (χ4v) is 3.84. The molecule has 0 spiro atoms. The molecular formula is C22H25FN4O4S. The van der Waals surface area contributed by atoms with E-state index in [1.165, 1.54) is 11.0 Å². The van der Waals surface area contributed by atoms with E-state index < -0.39 is 17.9 Å². The van der Waals surface area contributed by atoms with Crippen LogP contribution >= 0.6 is 12.2 Å². The topological polar surface area (TPSA) is 94.9 Å². The molecule has 32 heavy (non-hydrogen) atoms. The van der Waals surface area contributed by atoms with Crippen LogP contribution in [-0.4, -0.2) is 55.9 Å². The highest BCUT2D eigenvalue weighted by Gasteiger charge is 2.33. The molecule has 0 aliphatic carbocycles. The van der Waals surface area contributed by atoms with E-state index in [-0.39, 0.29) is 18.3 Å². The fourth-order valence-electron chi connectivity index (χ4n) is 3.76. The Balaban J connectivity index is 1.67. The highest BCUT2D eigenvalue weighted by molar-refractivity contribution is 7.80. The van der Waals surface area contributed by atoms with Crippen LogP contribution in [-0.2, 0) is 14.3 Å². The van der Waals surface area contributed by atoms with Crippen LogP contribution in [0.4, 0.5) is 20.6 Å². The largest absolute Gasteiger partial charge is 0.462 e. The van der Waals surface area contributed by atoms with Gasteiger partial charge in [0.25, 0.3) is 0 Å². The van der Waals surface area contributed by atoms with Gasteiger partial charge in [-0.05, 0) is 50.5 Å². The smallest absolute Gasteiger partial charge is 0.414 e. The van der Waals surface area contributed by atoms with Gasteiger partial charge < -0.3 is 19.7 Å². The summed E-state index contributed by atoms with van der Waals surface area (Å²) in [7, 11) is 0. The summed E-state index contributed by atoms with van der Waals surface area (Å²) in [6, 6.07) is 6.58. The zero-order chi connectivity index (χ0) is 23.3. The van der Waals surface area contributed by atoms with Crippen LogP contribution in [0.2, 0.25) is 0 Å². The normalized spacial score (nSPS) is 18.1. The Labute approximate surface area is 191 Å². The van der Waals surface area contributed by atoms with E-state index in [1.807, 2.05) is 11.0 Å². The first-order valence-electron chi connectivity index (χ1n) is 10.4. The lowest BCUT2D eigenvalue weighted by atomic mass is 9.98. The Bertz CT molecular complexity index is 981. The van der Waals surface area contributed by atoms with Gasteiger partial charge in [0.05, 0.1) is 36.1 Å². The Kier molecular flexibility index (Phi) is 7.64. The lowest BCUT2D eigenvalue weighted by Gasteiger charge is -2.31. The van der Waals surface area contributed by atoms with Crippen molar-refractivity contribution in [3.8, 4) is 6.07 Å². The Morgan fingerprint density at radius 3 is 2.72 bits per heavy atom. The molecule has 10 heteroatoms. The Morgan fingerprint density at radius 1 is 1.41 bits per heavy atom. The number of halogens is 1. The van der Waals surface area contributed by atoms with Crippen molar-refractivity contribution >= 4 is 40.6 Å². The van der Waals surface area contributed by atoms with Gasteiger partial charge in [0, 0.05) is 13.1 Å². The summed E-state index contributed by atoms with van der Waals surface area (Å²) >= 11 is 4.97. The molecular weight excluding hydrogens is 435 g/mol. The summed E-state index contributed by atoms with van der Waals surface area (Å²) in [5.41, 5.74) is 1.60. The number of thiocarbonyl (C=S) groups is 1. The van der Waals surface area contributed by atoms with Gasteiger partial charge >= 0.3 is 12.1 Å². The second-order valence-corrected chi connectivity index (χ2v) is 8.10. The number of nitrogens with zero attached hydrogens (tertiary/aromatic N) is 3. The maximum atomic E-state index is 14.9. The minimum absolute atomic E-state index is 0.0442. The maximum absolute atomic E-state index is 14.9. The molecule has 0 radical (unpaired) electrons. The van der Waals surface area contributed by atoms with Gasteiger partial charge in [0.1, 0.15) is 23.6 Å². The molecule has 3 rings (SSSR count). The van der Waals surface area contributed by atoms with E-state index in [1.54, 1.807) is 26.0 Å². The number of carbonyl (C=O) groups excluding carboxylic acids is 2. The summed E-state index contributed by atoms with van der Waals surface area (Å²) in [5.74, 6) is -1.06. The average Bonchev–Trinajstić information content (AvgIpc) is 3.14. The summed E-state index contributed by atoms with van der Waals surface area (Å²) in [4.78, 5) is 28.0. The third kappa shape index (κ3) is 5.34. The van der Waals surface area contributed by atoms with Gasteiger partial charge in [-0.3, -0.25) is 4.90 Å². The van der Waals surface area contributed by atoms with E-state index in [0.29, 0.717) is 55.4 Å². The number of benzene rings is 1. The van der Waals surface area contributed by atoms with Crippen molar-refractivity contribution in [1.82, 2.24) is 5.32 Å². The molecule has 0 unspecified atom stereocenters. The van der Waals surface area contributed by atoms with Crippen LogP contribution in [0, 0.1) is 17.1 Å². The van der Waals surface area contributed by atoms with E-state index in [2.05, 4.69) is 5.32 Å². The molecule has 2 saturated heterocycles. The van der Waals surface area contributed by atoms with E-state index >= 15 is 0 Å². The number of carbonyl (C=O) groups is 2. The summed E-state index contributed by atoms with van der Waals surface area (Å²) < 4.78 is 25.2. The van der Waals surface area contributed by atoms with Crippen LogP contribution in [0.25, 0.3) is 0 Å². The number of nitrogens with one attached hydrogen (secondary N) is 1. The lowest BCUT2D eigenvalue weighted by molar-refractivity contribution is -0.138. The number of ether oxygens (including phenoxy) is 2. The van der Waals surface area contributed by atoms with Crippen molar-refractivity contribution in [2.45, 2.75) is 32.8 Å². The van der Waals surface area contributed by atoms with Crippen molar-refractivity contribution in [1.29, 1.82) is 5.26 Å². The second kappa shape index (κ2) is 10.4. The summed E-state index contributed by atoms with van der Waals surface area (Å²) in [5, 5.41) is 12.3. The van der Waals surface area contributed by atoms with Gasteiger partial charge in [-0.15, -0.1) is 0 Å². The minimum atomic E-state index is -0.610. The van der Waals surface area contributed by atoms with Crippen LogP contribution in [0.3, 0.4) is 0 Å². The second-order valence-electron chi connectivity index (χ2n) is 7.49. The molecule has 2 aliphatic rings. The molecule has 2 fully saturated rings. The number of hydrogen-bond donors (Lipinski definition) is 1. The molecule has 1 atom stereocenters. The van der Waals surface area contributed by atoms with E-state index in [4.69, 9.17) is 21.7 Å². The van der Waals surface area contributed by atoms with Crippen LogP contribution in [0.1, 0.15) is 26.7 Å². The molecule has 2 aliphatic heterocycles. The Hall–Kier alpha value is -3.19. The lowest BCUT2D eigenvalue weighted by Crippen LogP contribution is -2.33. The first-order chi connectivity index (χ1) is 15.3. The van der Waals surface area contributed by atoms with Crippen molar-refractivity contribution in [3.05, 3.63) is 35.2 Å². The predicted octanol–water partition coefficient (Wildman–Crippen LogP) is 3.07. The third-order valence-corrected chi connectivity index (χ3v) is 5.49. The third-order valence-electron chi connectivity index (χ3n) is 5.35. The number of nitriles is 1. The fraction of sp³-hybridized carbons (Fsp3) is 0.455. The number of amides is 1. The molecule has 8 nitrogen and oxygen atoms in total. The summed E-state index contributed by atoms with van der Waals surface area (Å²) in [6.45, 7) is 5.27. The standard InChI is InChI=1S/C22H25FN4O4S/c1-3-30-21(28)18(11-24)15-6-8-26(9-7-15)20-5-4-16(10-19(20)23)27-13-17(31-22(27)29)12-25-14(2)32/h4-5,10,17H,3,6-9,12-13H2,1-2H3,(H,25,32)/t17-/m0/s1. The number of piperidine rings is 1. The molecule has 0 bridgehead atoms. The molecule has 0 aromatic heterocycles. The molecule has 170 valence electrons. The molecule has 1 N–H and O–H groups in total. The van der Waals surface area contributed by atoms with Gasteiger partial charge in [-0.1, -0.05) is 12.2 Å². The van der Waals surface area contributed by atoms with Crippen molar-refractivity contribution in [2.24, 2.45) is 0 Å². The predicted molar refractivity (Wildman–Crippen MR) is 121 cm³/mol. The quantitative estimate of drug-likeness (QED) is 0.300. The van der Waals surface area contributed by atoms with E-state index in [0.717, 1.165) is 5.57 Å². The number of hydrogen-bond acceptors (Lipinski definition) is 7.